The van der Waals surface area contributed by atoms with Crippen LogP contribution in [-0.4, -0.2) is 0 Å². The minimum atomic E-state index is 0. The molecule has 1 aliphatic carbocycles. The van der Waals surface area contributed by atoms with Crippen molar-refractivity contribution < 1.29 is 32.7 Å². The van der Waals surface area contributed by atoms with Crippen molar-refractivity contribution in [1.29, 1.82) is 0 Å². The maximum atomic E-state index is 2.43. The third-order valence-electron chi connectivity index (χ3n) is 2.66. The molecule has 1 aliphatic rings. The molecule has 0 heterocycles. The van der Waals surface area contributed by atoms with Crippen LogP contribution in [0.2, 0.25) is 0 Å². The summed E-state index contributed by atoms with van der Waals surface area (Å²) < 4.78 is 0. The Morgan fingerprint density at radius 1 is 1.09 bits per heavy atom. The molecular formula is C10H19Y+2. The van der Waals surface area contributed by atoms with Gasteiger partial charge in [-0.3, -0.25) is 0 Å². The van der Waals surface area contributed by atoms with Crippen molar-refractivity contribution in [1.82, 2.24) is 0 Å². The molecule has 1 rings (SSSR count). The number of rotatable bonds is 0. The fraction of sp³-hybridized carbons (Fsp3) is 0.900. The molecular weight excluding hydrogens is 209 g/mol. The van der Waals surface area contributed by atoms with E-state index in [2.05, 4.69) is 27.2 Å². The molecule has 0 spiro atoms. The molecule has 0 bridgehead atoms. The molecule has 0 amide bonds. The van der Waals surface area contributed by atoms with E-state index >= 15 is 0 Å². The summed E-state index contributed by atoms with van der Waals surface area (Å²) in [5.74, 6) is 0.970. The second-order valence-corrected chi connectivity index (χ2v) is 4.51. The van der Waals surface area contributed by atoms with Crippen LogP contribution in [0.1, 0.15) is 46.5 Å². The van der Waals surface area contributed by atoms with Crippen molar-refractivity contribution in [3.05, 3.63) is 6.42 Å². The first-order chi connectivity index (χ1) is 4.61. The van der Waals surface area contributed by atoms with Crippen LogP contribution in [0.25, 0.3) is 0 Å². The molecule has 0 atom stereocenters. The summed E-state index contributed by atoms with van der Waals surface area (Å²) in [6, 6.07) is 0. The zero-order valence-corrected chi connectivity index (χ0v) is 10.9. The second kappa shape index (κ2) is 4.97. The third-order valence-corrected chi connectivity index (χ3v) is 2.66. The maximum absolute atomic E-state index is 2.43. The number of hydrogen-bond acceptors (Lipinski definition) is 0. The first-order valence-corrected chi connectivity index (χ1v) is 4.42. The Kier molecular flexibility index (Phi) is 5.47. The molecule has 0 radical (unpaired) electrons. The van der Waals surface area contributed by atoms with Gasteiger partial charge in [-0.25, -0.2) is 0 Å². The topological polar surface area (TPSA) is 0 Å². The van der Waals surface area contributed by atoms with Gasteiger partial charge in [-0.15, -0.1) is 0 Å². The van der Waals surface area contributed by atoms with Gasteiger partial charge >= 0.3 is 32.7 Å². The minimum Gasteiger partial charge on any atom is -0.328 e. The minimum absolute atomic E-state index is 0. The van der Waals surface area contributed by atoms with E-state index in [4.69, 9.17) is 0 Å². The fourth-order valence-electron chi connectivity index (χ4n) is 1.79. The quantitative estimate of drug-likeness (QED) is 0.557. The van der Waals surface area contributed by atoms with E-state index in [0.29, 0.717) is 5.41 Å². The van der Waals surface area contributed by atoms with Crippen molar-refractivity contribution in [3.63, 3.8) is 0 Å². The normalized spacial score (nSPS) is 21.0. The Morgan fingerprint density at radius 2 is 1.55 bits per heavy atom. The van der Waals surface area contributed by atoms with E-state index in [0.717, 1.165) is 5.92 Å². The summed E-state index contributed by atoms with van der Waals surface area (Å²) in [5, 5.41) is 0. The molecule has 1 fully saturated rings. The monoisotopic (exact) mass is 228 g/mol. The van der Waals surface area contributed by atoms with Crippen molar-refractivity contribution >= 4 is 0 Å². The van der Waals surface area contributed by atoms with Gasteiger partial charge in [0.2, 0.25) is 0 Å². The van der Waals surface area contributed by atoms with Crippen LogP contribution in [0.4, 0.5) is 0 Å². The molecule has 0 aromatic carbocycles. The average Bonchev–Trinajstić information content (AvgIpc) is 1.88. The largest absolute Gasteiger partial charge is 3.00 e. The second-order valence-electron chi connectivity index (χ2n) is 4.51. The van der Waals surface area contributed by atoms with Crippen LogP contribution in [0.5, 0.6) is 0 Å². The molecule has 1 saturated carbocycles. The van der Waals surface area contributed by atoms with E-state index in [-0.39, 0.29) is 32.7 Å². The van der Waals surface area contributed by atoms with Crippen LogP contribution in [0.15, 0.2) is 0 Å². The molecule has 60 valence electrons. The van der Waals surface area contributed by atoms with Gasteiger partial charge in [0.25, 0.3) is 0 Å². The first kappa shape index (κ1) is 12.1. The molecule has 1 heteroatoms. The summed E-state index contributed by atoms with van der Waals surface area (Å²) in [7, 11) is 0. The zero-order valence-electron chi connectivity index (χ0n) is 8.06. The Labute approximate surface area is 96.4 Å². The van der Waals surface area contributed by atoms with Gasteiger partial charge in [-0.05, 0) is 11.3 Å². The van der Waals surface area contributed by atoms with Crippen molar-refractivity contribution in [2.24, 2.45) is 11.3 Å². The Balaban J connectivity index is 0.000001000. The third kappa shape index (κ3) is 4.03. The van der Waals surface area contributed by atoms with Crippen LogP contribution in [0.3, 0.4) is 0 Å². The molecule has 0 unspecified atom stereocenters. The fourth-order valence-corrected chi connectivity index (χ4v) is 1.79. The Bertz CT molecular complexity index is 95.9. The SMILES string of the molecule is CC(C)(C)C1CC[CH-]CC1.[Y+3]. The summed E-state index contributed by atoms with van der Waals surface area (Å²) in [6.07, 6.45) is 7.97. The summed E-state index contributed by atoms with van der Waals surface area (Å²) in [6.45, 7) is 7.09. The first-order valence-electron chi connectivity index (χ1n) is 4.42. The summed E-state index contributed by atoms with van der Waals surface area (Å²) >= 11 is 0. The van der Waals surface area contributed by atoms with Crippen molar-refractivity contribution in [2.75, 3.05) is 0 Å². The van der Waals surface area contributed by atoms with Gasteiger partial charge in [0.1, 0.15) is 0 Å². The summed E-state index contributed by atoms with van der Waals surface area (Å²) in [4.78, 5) is 0. The van der Waals surface area contributed by atoms with Crippen LogP contribution < -0.4 is 0 Å². The molecule has 11 heavy (non-hydrogen) atoms. The van der Waals surface area contributed by atoms with Gasteiger partial charge in [0, 0.05) is 0 Å². The standard InChI is InChI=1S/C10H19.Y/c1-10(2,3)9-7-5-4-6-8-9;/h4,9H,5-8H2,1-3H3;/q-1;+3. The van der Waals surface area contributed by atoms with E-state index in [1.807, 2.05) is 0 Å². The average molecular weight is 228 g/mol. The van der Waals surface area contributed by atoms with Crippen molar-refractivity contribution in [3.8, 4) is 0 Å². The van der Waals surface area contributed by atoms with Gasteiger partial charge in [-0.2, -0.15) is 12.8 Å². The van der Waals surface area contributed by atoms with Crippen molar-refractivity contribution in [2.45, 2.75) is 46.5 Å². The van der Waals surface area contributed by atoms with Crippen LogP contribution in [-0.2, 0) is 32.7 Å². The molecule has 0 aliphatic heterocycles. The van der Waals surface area contributed by atoms with E-state index < -0.39 is 0 Å². The molecule has 0 nitrogen and oxygen atoms in total. The number of hydrogen-bond donors (Lipinski definition) is 0. The molecule has 0 N–H and O–H groups in total. The van der Waals surface area contributed by atoms with Gasteiger partial charge < -0.3 is 6.42 Å². The predicted molar refractivity (Wildman–Crippen MR) is 45.7 cm³/mol. The van der Waals surface area contributed by atoms with E-state index in [9.17, 15) is 0 Å². The van der Waals surface area contributed by atoms with Crippen LogP contribution >= 0.6 is 0 Å². The Hall–Kier alpha value is 1.10. The van der Waals surface area contributed by atoms with Gasteiger partial charge in [-0.1, -0.05) is 33.6 Å². The van der Waals surface area contributed by atoms with E-state index in [1.54, 1.807) is 0 Å². The van der Waals surface area contributed by atoms with Gasteiger partial charge in [0.15, 0.2) is 0 Å². The smallest absolute Gasteiger partial charge is 0.328 e. The Morgan fingerprint density at radius 3 is 1.82 bits per heavy atom. The summed E-state index contributed by atoms with van der Waals surface area (Å²) in [5.41, 5.74) is 0.550. The molecule has 0 aromatic heterocycles. The maximum Gasteiger partial charge on any atom is 3.00 e. The molecule has 0 aromatic rings. The predicted octanol–water partition coefficient (Wildman–Crippen LogP) is 3.42. The van der Waals surface area contributed by atoms with Gasteiger partial charge in [0.05, 0.1) is 0 Å². The van der Waals surface area contributed by atoms with E-state index in [1.165, 1.54) is 25.7 Å². The molecule has 0 saturated heterocycles. The van der Waals surface area contributed by atoms with Crippen LogP contribution in [0, 0.1) is 17.8 Å². The zero-order chi connectivity index (χ0) is 7.61.